The molecule has 5 nitrogen and oxygen atoms in total. The van der Waals surface area contributed by atoms with Crippen molar-refractivity contribution < 1.29 is 9.59 Å². The summed E-state index contributed by atoms with van der Waals surface area (Å²) in [6, 6.07) is 9.84. The van der Waals surface area contributed by atoms with Crippen molar-refractivity contribution in [2.24, 2.45) is 11.3 Å². The minimum absolute atomic E-state index is 0. The number of nitrogens with zero attached hydrogens (tertiary/aromatic N) is 1. The van der Waals surface area contributed by atoms with E-state index in [1.54, 1.807) is 0 Å². The van der Waals surface area contributed by atoms with Crippen LogP contribution in [0, 0.1) is 11.3 Å². The van der Waals surface area contributed by atoms with Crippen molar-refractivity contribution in [1.29, 1.82) is 0 Å². The Hall–Kier alpha value is -1.59. The number of halogens is 1. The van der Waals surface area contributed by atoms with Crippen molar-refractivity contribution in [3.63, 3.8) is 0 Å². The maximum Gasteiger partial charge on any atom is 0.226 e. The smallest absolute Gasteiger partial charge is 0.226 e. The van der Waals surface area contributed by atoms with E-state index in [4.69, 9.17) is 0 Å². The van der Waals surface area contributed by atoms with Crippen molar-refractivity contribution in [1.82, 2.24) is 15.5 Å². The van der Waals surface area contributed by atoms with Gasteiger partial charge in [-0.3, -0.25) is 9.59 Å². The van der Waals surface area contributed by atoms with E-state index in [2.05, 4.69) is 10.6 Å². The largest absolute Gasteiger partial charge is 0.354 e. The molecule has 3 aliphatic rings. The second-order valence-electron chi connectivity index (χ2n) is 7.38. The van der Waals surface area contributed by atoms with Gasteiger partial charge in [0.15, 0.2) is 0 Å². The molecule has 2 heterocycles. The van der Waals surface area contributed by atoms with Gasteiger partial charge >= 0.3 is 0 Å². The fourth-order valence-corrected chi connectivity index (χ4v) is 4.44. The summed E-state index contributed by atoms with van der Waals surface area (Å²) >= 11 is 0. The number of rotatable bonds is 2. The van der Waals surface area contributed by atoms with Crippen LogP contribution in [0.15, 0.2) is 30.3 Å². The zero-order valence-corrected chi connectivity index (χ0v) is 15.2. The van der Waals surface area contributed by atoms with Gasteiger partial charge in [0.05, 0.1) is 12.5 Å². The highest BCUT2D eigenvalue weighted by atomic mass is 35.5. The zero-order valence-electron chi connectivity index (χ0n) is 14.4. The standard InChI is InChI=1S/C19H25N3O2.ClH/c23-17-12-16(14-4-2-1-3-5-14)22(11-10-21-17)18(24)15-13-19(15)6-8-20-9-7-19;/h1-5,15-16,20H,6-13H2,(H,21,23);1H. The van der Waals surface area contributed by atoms with Crippen LogP contribution in [-0.2, 0) is 9.59 Å². The number of carbonyl (C=O) groups excluding carboxylic acids is 2. The Kier molecular flexibility index (Phi) is 5.35. The van der Waals surface area contributed by atoms with Crippen molar-refractivity contribution >= 4 is 24.2 Å². The van der Waals surface area contributed by atoms with Crippen LogP contribution in [0.5, 0.6) is 0 Å². The molecular weight excluding hydrogens is 338 g/mol. The van der Waals surface area contributed by atoms with Gasteiger partial charge in [0, 0.05) is 19.0 Å². The lowest BCUT2D eigenvalue weighted by atomic mass is 9.91. The molecule has 6 heteroatoms. The lowest BCUT2D eigenvalue weighted by Gasteiger charge is -2.31. The monoisotopic (exact) mass is 363 g/mol. The molecule has 2 aliphatic heterocycles. The van der Waals surface area contributed by atoms with Crippen molar-refractivity contribution in [3.05, 3.63) is 35.9 Å². The molecule has 0 bridgehead atoms. The van der Waals surface area contributed by atoms with E-state index >= 15 is 0 Å². The summed E-state index contributed by atoms with van der Waals surface area (Å²) in [6.45, 7) is 3.20. The average molecular weight is 364 g/mol. The predicted octanol–water partition coefficient (Wildman–Crippen LogP) is 1.89. The number of benzene rings is 1. The molecule has 4 rings (SSSR count). The van der Waals surface area contributed by atoms with Crippen LogP contribution in [0.3, 0.4) is 0 Å². The molecule has 1 saturated carbocycles. The molecule has 2 atom stereocenters. The first-order valence-electron chi connectivity index (χ1n) is 9.02. The fraction of sp³-hybridized carbons (Fsp3) is 0.579. The Bertz CT molecular complexity index is 631. The van der Waals surface area contributed by atoms with Gasteiger partial charge in [0.1, 0.15) is 0 Å². The third-order valence-electron chi connectivity index (χ3n) is 5.98. The molecule has 2 unspecified atom stereocenters. The topological polar surface area (TPSA) is 61.4 Å². The van der Waals surface area contributed by atoms with Gasteiger partial charge in [-0.1, -0.05) is 30.3 Å². The Labute approximate surface area is 154 Å². The van der Waals surface area contributed by atoms with Crippen LogP contribution in [0.1, 0.15) is 37.3 Å². The number of hydrogen-bond donors (Lipinski definition) is 2. The molecule has 1 spiro atoms. The highest BCUT2D eigenvalue weighted by molar-refractivity contribution is 5.85. The van der Waals surface area contributed by atoms with Gasteiger partial charge in [-0.15, -0.1) is 12.4 Å². The molecule has 1 aromatic carbocycles. The summed E-state index contributed by atoms with van der Waals surface area (Å²) in [5.41, 5.74) is 1.29. The van der Waals surface area contributed by atoms with E-state index in [1.165, 1.54) is 0 Å². The van der Waals surface area contributed by atoms with Crippen molar-refractivity contribution in [2.45, 2.75) is 31.7 Å². The average Bonchev–Trinajstić information content (AvgIpc) is 3.34. The minimum Gasteiger partial charge on any atom is -0.354 e. The molecule has 2 amide bonds. The Morgan fingerprint density at radius 3 is 2.56 bits per heavy atom. The molecule has 1 aromatic rings. The molecule has 136 valence electrons. The van der Waals surface area contributed by atoms with E-state index < -0.39 is 0 Å². The van der Waals surface area contributed by atoms with Crippen LogP contribution >= 0.6 is 12.4 Å². The third-order valence-corrected chi connectivity index (χ3v) is 5.98. The first-order valence-corrected chi connectivity index (χ1v) is 9.02. The maximum absolute atomic E-state index is 13.2. The zero-order chi connectivity index (χ0) is 16.6. The lowest BCUT2D eigenvalue weighted by Crippen LogP contribution is -2.40. The van der Waals surface area contributed by atoms with Gasteiger partial charge in [0.25, 0.3) is 0 Å². The van der Waals surface area contributed by atoms with E-state index in [-0.39, 0.29) is 41.6 Å². The highest BCUT2D eigenvalue weighted by Crippen LogP contribution is 2.59. The maximum atomic E-state index is 13.2. The summed E-state index contributed by atoms with van der Waals surface area (Å²) in [5.74, 6) is 0.438. The van der Waals surface area contributed by atoms with Gasteiger partial charge in [-0.25, -0.2) is 0 Å². The van der Waals surface area contributed by atoms with E-state index in [9.17, 15) is 9.59 Å². The molecule has 0 aromatic heterocycles. The third kappa shape index (κ3) is 3.53. The predicted molar refractivity (Wildman–Crippen MR) is 98.4 cm³/mol. The Morgan fingerprint density at radius 2 is 1.84 bits per heavy atom. The molecule has 2 saturated heterocycles. The van der Waals surface area contributed by atoms with Crippen LogP contribution in [0.4, 0.5) is 0 Å². The molecule has 1 aliphatic carbocycles. The second kappa shape index (κ2) is 7.34. The lowest BCUT2D eigenvalue weighted by molar-refractivity contribution is -0.136. The van der Waals surface area contributed by atoms with E-state index in [1.807, 2.05) is 35.2 Å². The van der Waals surface area contributed by atoms with Gasteiger partial charge in [0.2, 0.25) is 11.8 Å². The van der Waals surface area contributed by atoms with Gasteiger partial charge in [-0.2, -0.15) is 0 Å². The first kappa shape index (κ1) is 18.2. The number of piperidine rings is 1. The van der Waals surface area contributed by atoms with Crippen molar-refractivity contribution in [2.75, 3.05) is 26.2 Å². The van der Waals surface area contributed by atoms with Crippen LogP contribution in [0.2, 0.25) is 0 Å². The summed E-state index contributed by atoms with van der Waals surface area (Å²) in [4.78, 5) is 27.3. The van der Waals surface area contributed by atoms with Crippen LogP contribution in [0.25, 0.3) is 0 Å². The van der Waals surface area contributed by atoms with Crippen LogP contribution in [-0.4, -0.2) is 42.9 Å². The number of hydrogen-bond acceptors (Lipinski definition) is 3. The van der Waals surface area contributed by atoms with E-state index in [0.29, 0.717) is 19.5 Å². The molecule has 0 radical (unpaired) electrons. The summed E-state index contributed by atoms with van der Waals surface area (Å²) in [7, 11) is 0. The number of nitrogens with one attached hydrogen (secondary N) is 2. The van der Waals surface area contributed by atoms with Gasteiger partial charge < -0.3 is 15.5 Å². The number of carbonyl (C=O) groups is 2. The Morgan fingerprint density at radius 1 is 1.12 bits per heavy atom. The molecule has 25 heavy (non-hydrogen) atoms. The van der Waals surface area contributed by atoms with Crippen LogP contribution < -0.4 is 10.6 Å². The SMILES string of the molecule is Cl.O=C1CC(c2ccccc2)N(C(=O)C2CC23CCNCC3)CCN1. The fourth-order valence-electron chi connectivity index (χ4n) is 4.44. The first-order chi connectivity index (χ1) is 11.7. The molecule has 3 fully saturated rings. The summed E-state index contributed by atoms with van der Waals surface area (Å²) in [5, 5.41) is 6.31. The quantitative estimate of drug-likeness (QED) is 0.843. The Balaban J connectivity index is 0.00000182. The summed E-state index contributed by atoms with van der Waals surface area (Å²) < 4.78 is 0. The normalized spacial score (nSPS) is 27.8. The minimum atomic E-state index is -0.138. The summed E-state index contributed by atoms with van der Waals surface area (Å²) in [6.07, 6.45) is 3.58. The van der Waals surface area contributed by atoms with Crippen molar-refractivity contribution in [3.8, 4) is 0 Å². The number of amides is 2. The van der Waals surface area contributed by atoms with E-state index in [0.717, 1.165) is 37.9 Å². The second-order valence-corrected chi connectivity index (χ2v) is 7.38. The molecule has 2 N–H and O–H groups in total. The molecular formula is C19H26ClN3O2. The van der Waals surface area contributed by atoms with Gasteiger partial charge in [-0.05, 0) is 43.3 Å². The highest BCUT2D eigenvalue weighted by Gasteiger charge is 2.59.